The Labute approximate surface area is 112 Å². The van der Waals surface area contributed by atoms with Crippen LogP contribution in [0.25, 0.3) is 0 Å². The summed E-state index contributed by atoms with van der Waals surface area (Å²) in [5.74, 6) is -3.30. The molecule has 0 saturated carbocycles. The highest BCUT2D eigenvalue weighted by Crippen LogP contribution is 2.11. The first kappa shape index (κ1) is 13.9. The Morgan fingerprint density at radius 3 is 2.50 bits per heavy atom. The second-order valence-corrected chi connectivity index (χ2v) is 4.06. The van der Waals surface area contributed by atoms with Crippen LogP contribution in [0.2, 0.25) is 0 Å². The molecule has 1 aliphatic rings. The lowest BCUT2D eigenvalue weighted by atomic mass is 10.2. The Hall–Kier alpha value is -2.51. The topological polar surface area (TPSA) is 78.5 Å². The molecule has 1 heterocycles. The van der Waals surface area contributed by atoms with Gasteiger partial charge in [0.25, 0.3) is 5.91 Å². The Bertz CT molecular complexity index is 541. The third-order valence-corrected chi connectivity index (χ3v) is 2.75. The molecule has 6 nitrogen and oxygen atoms in total. The van der Waals surface area contributed by atoms with E-state index >= 15 is 0 Å². The van der Waals surface area contributed by atoms with Crippen LogP contribution in [0.4, 0.5) is 13.6 Å². The van der Waals surface area contributed by atoms with E-state index < -0.39 is 35.0 Å². The Morgan fingerprint density at radius 2 is 1.95 bits per heavy atom. The van der Waals surface area contributed by atoms with E-state index in [1.165, 1.54) is 0 Å². The fraction of sp³-hybridized carbons (Fsp3) is 0.250. The molecule has 20 heavy (non-hydrogen) atoms. The predicted octanol–water partition coefficient (Wildman–Crippen LogP) is 0.246. The maximum Gasteiger partial charge on any atom is 0.324 e. The van der Waals surface area contributed by atoms with E-state index in [-0.39, 0.29) is 19.6 Å². The normalized spacial score (nSPS) is 14.4. The van der Waals surface area contributed by atoms with Crippen molar-refractivity contribution in [1.29, 1.82) is 0 Å². The van der Waals surface area contributed by atoms with Crippen LogP contribution in [0.15, 0.2) is 18.2 Å². The van der Waals surface area contributed by atoms with Gasteiger partial charge in [-0.3, -0.25) is 14.5 Å². The van der Waals surface area contributed by atoms with Gasteiger partial charge < -0.3 is 10.6 Å². The van der Waals surface area contributed by atoms with Crippen molar-refractivity contribution in [3.63, 3.8) is 0 Å². The Morgan fingerprint density at radius 1 is 1.30 bits per heavy atom. The first-order valence-electron chi connectivity index (χ1n) is 5.81. The van der Waals surface area contributed by atoms with Crippen LogP contribution in [-0.2, 0) is 4.79 Å². The molecule has 1 aliphatic heterocycles. The number of amides is 4. The lowest BCUT2D eigenvalue weighted by molar-refractivity contribution is -0.124. The number of nitrogens with zero attached hydrogens (tertiary/aromatic N) is 1. The highest BCUT2D eigenvalue weighted by atomic mass is 19.1. The summed E-state index contributed by atoms with van der Waals surface area (Å²) in [5, 5.41) is 4.57. The van der Waals surface area contributed by atoms with Crippen molar-refractivity contribution in [3.05, 3.63) is 35.4 Å². The summed E-state index contributed by atoms with van der Waals surface area (Å²) in [6, 6.07) is 2.53. The number of nitrogens with one attached hydrogen (secondary N) is 2. The van der Waals surface area contributed by atoms with Gasteiger partial charge in [-0.2, -0.15) is 0 Å². The second-order valence-electron chi connectivity index (χ2n) is 4.06. The van der Waals surface area contributed by atoms with Crippen molar-refractivity contribution >= 4 is 17.8 Å². The van der Waals surface area contributed by atoms with Crippen molar-refractivity contribution < 1.29 is 23.2 Å². The van der Waals surface area contributed by atoms with Crippen LogP contribution < -0.4 is 10.6 Å². The van der Waals surface area contributed by atoms with Crippen molar-refractivity contribution in [2.45, 2.75) is 0 Å². The molecular weight excluding hydrogens is 272 g/mol. The molecule has 2 N–H and O–H groups in total. The predicted molar refractivity (Wildman–Crippen MR) is 63.8 cm³/mol. The summed E-state index contributed by atoms with van der Waals surface area (Å²) < 4.78 is 26.6. The fourth-order valence-corrected chi connectivity index (χ4v) is 1.77. The van der Waals surface area contributed by atoms with Crippen molar-refractivity contribution in [2.75, 3.05) is 19.6 Å². The van der Waals surface area contributed by atoms with E-state index in [0.29, 0.717) is 0 Å². The van der Waals surface area contributed by atoms with Gasteiger partial charge in [-0.15, -0.1) is 0 Å². The van der Waals surface area contributed by atoms with Gasteiger partial charge in [-0.05, 0) is 12.1 Å². The van der Waals surface area contributed by atoms with Crippen LogP contribution >= 0.6 is 0 Å². The molecule has 106 valence electrons. The Balaban J connectivity index is 1.93. The van der Waals surface area contributed by atoms with E-state index in [0.717, 1.165) is 23.1 Å². The molecule has 0 aliphatic carbocycles. The number of carbonyl (C=O) groups is 3. The molecule has 2 rings (SSSR count). The van der Waals surface area contributed by atoms with Crippen LogP contribution in [0.1, 0.15) is 10.4 Å². The first-order valence-corrected chi connectivity index (χ1v) is 5.81. The minimum Gasteiger partial charge on any atom is -0.350 e. The van der Waals surface area contributed by atoms with Crippen LogP contribution in [-0.4, -0.2) is 42.4 Å². The minimum atomic E-state index is -0.975. The average Bonchev–Trinajstić information content (AvgIpc) is 2.70. The van der Waals surface area contributed by atoms with E-state index in [1.807, 2.05) is 0 Å². The Kier molecular flexibility index (Phi) is 3.92. The highest BCUT2D eigenvalue weighted by molar-refractivity contribution is 6.02. The van der Waals surface area contributed by atoms with Gasteiger partial charge in [0.05, 0.1) is 6.54 Å². The SMILES string of the molecule is O=C(NCCN1C(=O)CNC1=O)c1c(F)cccc1F. The van der Waals surface area contributed by atoms with Crippen LogP contribution in [0.5, 0.6) is 0 Å². The number of hydrogen-bond donors (Lipinski definition) is 2. The average molecular weight is 283 g/mol. The molecule has 1 fully saturated rings. The molecule has 1 aromatic rings. The van der Waals surface area contributed by atoms with Gasteiger partial charge >= 0.3 is 6.03 Å². The maximum atomic E-state index is 13.3. The number of benzene rings is 1. The molecular formula is C12H11F2N3O3. The van der Waals surface area contributed by atoms with E-state index in [2.05, 4.69) is 10.6 Å². The monoisotopic (exact) mass is 283 g/mol. The summed E-state index contributed by atoms with van der Waals surface area (Å²) in [4.78, 5) is 35.0. The minimum absolute atomic E-state index is 0.0630. The van der Waals surface area contributed by atoms with Gasteiger partial charge in [0.2, 0.25) is 5.91 Å². The number of hydrogen-bond acceptors (Lipinski definition) is 3. The first-order chi connectivity index (χ1) is 9.50. The standard InChI is InChI=1S/C12H11F2N3O3/c13-7-2-1-3-8(14)10(7)11(19)15-4-5-17-9(18)6-16-12(17)20/h1-3H,4-6H2,(H,15,19)(H,16,20). The molecule has 0 aromatic heterocycles. The number of halogens is 2. The molecule has 1 saturated heterocycles. The number of rotatable bonds is 4. The summed E-state index contributed by atoms with van der Waals surface area (Å²) in [7, 11) is 0. The van der Waals surface area contributed by atoms with Gasteiger partial charge in [0, 0.05) is 13.1 Å². The fourth-order valence-electron chi connectivity index (χ4n) is 1.77. The summed E-state index contributed by atoms with van der Waals surface area (Å²) in [6.07, 6.45) is 0. The third-order valence-electron chi connectivity index (χ3n) is 2.75. The lowest BCUT2D eigenvalue weighted by Crippen LogP contribution is -2.39. The highest BCUT2D eigenvalue weighted by Gasteiger charge is 2.28. The number of urea groups is 1. The zero-order chi connectivity index (χ0) is 14.7. The van der Waals surface area contributed by atoms with Crippen molar-refractivity contribution in [3.8, 4) is 0 Å². The van der Waals surface area contributed by atoms with Crippen LogP contribution in [0.3, 0.4) is 0 Å². The molecule has 8 heteroatoms. The smallest absolute Gasteiger partial charge is 0.324 e. The molecule has 0 atom stereocenters. The summed E-state index contributed by atoms with van der Waals surface area (Å²) in [5.41, 5.74) is -0.690. The third kappa shape index (κ3) is 2.73. The zero-order valence-electron chi connectivity index (χ0n) is 10.3. The second kappa shape index (κ2) is 5.64. The lowest BCUT2D eigenvalue weighted by Gasteiger charge is -2.13. The van der Waals surface area contributed by atoms with Crippen molar-refractivity contribution in [1.82, 2.24) is 15.5 Å². The maximum absolute atomic E-state index is 13.3. The van der Waals surface area contributed by atoms with Gasteiger partial charge in [0.15, 0.2) is 0 Å². The molecule has 0 unspecified atom stereocenters. The van der Waals surface area contributed by atoms with Crippen molar-refractivity contribution in [2.24, 2.45) is 0 Å². The molecule has 0 spiro atoms. The number of carbonyl (C=O) groups excluding carboxylic acids is 3. The quantitative estimate of drug-likeness (QED) is 0.777. The molecule has 1 aromatic carbocycles. The molecule has 4 amide bonds. The van der Waals surface area contributed by atoms with Crippen LogP contribution in [0, 0.1) is 11.6 Å². The molecule has 0 radical (unpaired) electrons. The largest absolute Gasteiger partial charge is 0.350 e. The van der Waals surface area contributed by atoms with E-state index in [1.54, 1.807) is 0 Å². The molecule has 0 bridgehead atoms. The van der Waals surface area contributed by atoms with Gasteiger partial charge in [0.1, 0.15) is 17.2 Å². The van der Waals surface area contributed by atoms with Gasteiger partial charge in [-0.25, -0.2) is 13.6 Å². The zero-order valence-corrected chi connectivity index (χ0v) is 10.3. The van der Waals surface area contributed by atoms with Gasteiger partial charge in [-0.1, -0.05) is 6.07 Å². The number of imide groups is 1. The summed E-state index contributed by atoms with van der Waals surface area (Å²) in [6.45, 7) is -0.243. The van der Waals surface area contributed by atoms with E-state index in [9.17, 15) is 23.2 Å². The summed E-state index contributed by atoms with van der Waals surface area (Å²) >= 11 is 0. The van der Waals surface area contributed by atoms with E-state index in [4.69, 9.17) is 0 Å².